The van der Waals surface area contributed by atoms with Gasteiger partial charge in [-0.05, 0) is 129 Å². The van der Waals surface area contributed by atoms with E-state index in [9.17, 15) is 0 Å². The Kier molecular flexibility index (Phi) is 7.19. The van der Waals surface area contributed by atoms with Crippen molar-refractivity contribution in [2.24, 2.45) is 0 Å². The number of anilines is 2. The Balaban J connectivity index is 0.916. The van der Waals surface area contributed by atoms with E-state index in [2.05, 4.69) is 182 Å². The smallest absolute Gasteiger partial charge is 0.0638 e. The summed E-state index contributed by atoms with van der Waals surface area (Å²) in [6, 6.07) is 43.7. The predicted octanol–water partition coefficient (Wildman–Crippen LogP) is 13.6. The van der Waals surface area contributed by atoms with Crippen LogP contribution in [0.2, 0.25) is 0 Å². The summed E-state index contributed by atoms with van der Waals surface area (Å²) in [5.41, 5.74) is 17.8. The molecule has 1 aliphatic heterocycles. The number of benzene rings is 5. The third kappa shape index (κ3) is 4.91. The Labute approximate surface area is 322 Å². The Morgan fingerprint density at radius 3 is 2.35 bits per heavy atom. The SMILES string of the molecule is CC1(C)C2=C(CCC(N(c3ccccc3)C3C=CC=CC3)=C2)c2ccc(-c3ccc4c(c3)C3C=Cc5sc6ccc(-c7ccccc7)cc6c5C3N4)cc21. The van der Waals surface area contributed by atoms with E-state index in [1.54, 1.807) is 0 Å². The summed E-state index contributed by atoms with van der Waals surface area (Å²) in [7, 11) is 0. The molecule has 1 N–H and O–H groups in total. The maximum Gasteiger partial charge on any atom is 0.0638 e. The normalized spacial score (nSPS) is 21.2. The van der Waals surface area contributed by atoms with E-state index in [0.29, 0.717) is 12.0 Å². The summed E-state index contributed by atoms with van der Waals surface area (Å²) >= 11 is 1.92. The number of allylic oxidation sites excluding steroid dienone is 6. The largest absolute Gasteiger partial charge is 0.377 e. The molecular weight excluding hydrogens is 673 g/mol. The lowest BCUT2D eigenvalue weighted by Crippen LogP contribution is -2.34. The highest BCUT2D eigenvalue weighted by molar-refractivity contribution is 7.20. The summed E-state index contributed by atoms with van der Waals surface area (Å²) < 4.78 is 1.36. The van der Waals surface area contributed by atoms with Gasteiger partial charge in [-0.2, -0.15) is 0 Å². The molecule has 0 saturated heterocycles. The van der Waals surface area contributed by atoms with Gasteiger partial charge in [0, 0.05) is 43.5 Å². The van der Waals surface area contributed by atoms with Gasteiger partial charge < -0.3 is 10.2 Å². The van der Waals surface area contributed by atoms with Crippen molar-refractivity contribution < 1.29 is 0 Å². The molecule has 54 heavy (non-hydrogen) atoms. The average Bonchev–Trinajstić information content (AvgIpc) is 3.86. The van der Waals surface area contributed by atoms with Crippen LogP contribution in [0.3, 0.4) is 0 Å². The number of para-hydroxylation sites is 1. The lowest BCUT2D eigenvalue weighted by Gasteiger charge is -2.37. The third-order valence-electron chi connectivity index (χ3n) is 12.6. The van der Waals surface area contributed by atoms with E-state index < -0.39 is 0 Å². The van der Waals surface area contributed by atoms with E-state index in [1.807, 2.05) is 11.3 Å². The van der Waals surface area contributed by atoms with Crippen molar-refractivity contribution in [2.45, 2.75) is 56.5 Å². The highest BCUT2D eigenvalue weighted by Crippen LogP contribution is 2.55. The van der Waals surface area contributed by atoms with Crippen molar-refractivity contribution in [3.63, 3.8) is 0 Å². The second kappa shape index (κ2) is 12.2. The number of thiophene rings is 1. The standard InChI is InChI=1S/C51H42N2S/c1-51(2)44-30-35(18-22-39(44)40-23-21-38(31-45(40)51)53(36-14-8-4-9-15-36)37-16-10-5-11-17-37)34-19-25-46-42(28-34)41-24-27-48-49(50(41)52-46)43-29-33(20-26-47(43)54-48)32-12-6-3-7-13-32/h3-16,18-20,22,24-31,37,41,50,52H,17,21,23H2,1-2H3. The molecule has 0 spiro atoms. The molecule has 0 saturated carbocycles. The number of nitrogens with one attached hydrogen (secondary N) is 1. The fourth-order valence-corrected chi connectivity index (χ4v) is 11.1. The van der Waals surface area contributed by atoms with Gasteiger partial charge in [0.25, 0.3) is 0 Å². The molecule has 5 aromatic carbocycles. The molecule has 1 aromatic heterocycles. The van der Waals surface area contributed by atoms with Crippen LogP contribution in [0.4, 0.5) is 11.4 Å². The summed E-state index contributed by atoms with van der Waals surface area (Å²) in [6.07, 6.45) is 19.5. The molecule has 5 aliphatic rings. The van der Waals surface area contributed by atoms with E-state index in [0.717, 1.165) is 19.3 Å². The lowest BCUT2D eigenvalue weighted by atomic mass is 9.78. The summed E-state index contributed by atoms with van der Waals surface area (Å²) in [5.74, 6) is 0.302. The fraction of sp³-hybridized carbons (Fsp3) is 0.176. The van der Waals surface area contributed by atoms with Gasteiger partial charge in [-0.25, -0.2) is 0 Å². The van der Waals surface area contributed by atoms with Crippen molar-refractivity contribution in [1.29, 1.82) is 0 Å². The lowest BCUT2D eigenvalue weighted by molar-refractivity contribution is 0.643. The molecule has 0 amide bonds. The van der Waals surface area contributed by atoms with Gasteiger partial charge in [-0.3, -0.25) is 0 Å². The first-order valence-corrected chi connectivity index (χ1v) is 20.3. The molecule has 0 bridgehead atoms. The van der Waals surface area contributed by atoms with Gasteiger partial charge >= 0.3 is 0 Å². The van der Waals surface area contributed by atoms with Crippen LogP contribution in [0.25, 0.3) is 44.0 Å². The topological polar surface area (TPSA) is 15.3 Å². The molecule has 3 atom stereocenters. The molecule has 3 heteroatoms. The van der Waals surface area contributed by atoms with Gasteiger partial charge in [-0.15, -0.1) is 11.3 Å². The molecule has 6 aromatic rings. The first-order chi connectivity index (χ1) is 26.5. The molecule has 0 radical (unpaired) electrons. The monoisotopic (exact) mass is 714 g/mol. The zero-order chi connectivity index (χ0) is 36.0. The Bertz CT molecular complexity index is 2650. The molecule has 2 nitrogen and oxygen atoms in total. The molecule has 11 rings (SSSR count). The predicted molar refractivity (Wildman–Crippen MR) is 230 cm³/mol. The van der Waals surface area contributed by atoms with Gasteiger partial charge in [-0.1, -0.05) is 117 Å². The molecule has 3 unspecified atom stereocenters. The second-order valence-corrected chi connectivity index (χ2v) is 17.1. The van der Waals surface area contributed by atoms with Crippen LogP contribution in [0, 0.1) is 0 Å². The van der Waals surface area contributed by atoms with Crippen molar-refractivity contribution in [3.05, 3.63) is 190 Å². The van der Waals surface area contributed by atoms with E-state index in [1.165, 1.54) is 87.7 Å². The van der Waals surface area contributed by atoms with Crippen LogP contribution >= 0.6 is 11.3 Å². The first kappa shape index (κ1) is 31.8. The van der Waals surface area contributed by atoms with Crippen molar-refractivity contribution >= 4 is 44.4 Å². The Morgan fingerprint density at radius 1 is 0.741 bits per heavy atom. The van der Waals surface area contributed by atoms with E-state index in [4.69, 9.17) is 0 Å². The van der Waals surface area contributed by atoms with Gasteiger partial charge in [0.2, 0.25) is 0 Å². The molecule has 2 heterocycles. The molecule has 0 fully saturated rings. The number of nitrogens with zero attached hydrogens (tertiary/aromatic N) is 1. The Morgan fingerprint density at radius 2 is 1.52 bits per heavy atom. The minimum absolute atomic E-state index is 0.0818. The summed E-state index contributed by atoms with van der Waals surface area (Å²) in [5, 5.41) is 5.36. The second-order valence-electron chi connectivity index (χ2n) is 16.0. The van der Waals surface area contributed by atoms with Crippen molar-refractivity contribution in [1.82, 2.24) is 0 Å². The number of fused-ring (bicyclic) bond motifs is 9. The van der Waals surface area contributed by atoms with Crippen LogP contribution in [0.5, 0.6) is 0 Å². The van der Waals surface area contributed by atoms with Crippen molar-refractivity contribution in [3.8, 4) is 22.3 Å². The fourth-order valence-electron chi connectivity index (χ4n) is 9.94. The van der Waals surface area contributed by atoms with Crippen LogP contribution in [0.1, 0.15) is 72.2 Å². The molecule has 4 aliphatic carbocycles. The minimum atomic E-state index is -0.0818. The zero-order valence-electron chi connectivity index (χ0n) is 30.7. The quantitative estimate of drug-likeness (QED) is 0.191. The van der Waals surface area contributed by atoms with Gasteiger partial charge in [0.1, 0.15) is 0 Å². The first-order valence-electron chi connectivity index (χ1n) is 19.5. The minimum Gasteiger partial charge on any atom is -0.377 e. The maximum absolute atomic E-state index is 3.98. The summed E-state index contributed by atoms with van der Waals surface area (Å²) in [4.78, 5) is 3.97. The number of hydrogen-bond acceptors (Lipinski definition) is 3. The molecule has 262 valence electrons. The van der Waals surface area contributed by atoms with Crippen molar-refractivity contribution in [2.75, 3.05) is 10.2 Å². The van der Waals surface area contributed by atoms with Crippen LogP contribution < -0.4 is 10.2 Å². The number of rotatable bonds is 5. The third-order valence-corrected chi connectivity index (χ3v) is 13.8. The maximum atomic E-state index is 3.98. The number of hydrogen-bond donors (Lipinski definition) is 1. The van der Waals surface area contributed by atoms with E-state index in [-0.39, 0.29) is 11.5 Å². The highest BCUT2D eigenvalue weighted by Gasteiger charge is 2.40. The Hall–Kier alpha value is -5.64. The van der Waals surface area contributed by atoms with Crippen LogP contribution in [0.15, 0.2) is 163 Å². The van der Waals surface area contributed by atoms with E-state index >= 15 is 0 Å². The van der Waals surface area contributed by atoms with Gasteiger partial charge in [0.15, 0.2) is 0 Å². The van der Waals surface area contributed by atoms with Crippen LogP contribution in [-0.4, -0.2) is 6.04 Å². The zero-order valence-corrected chi connectivity index (χ0v) is 31.5. The van der Waals surface area contributed by atoms with Crippen LogP contribution in [-0.2, 0) is 5.41 Å². The molecular formula is C51H42N2S. The average molecular weight is 715 g/mol. The van der Waals surface area contributed by atoms with Gasteiger partial charge in [0.05, 0.1) is 12.1 Å². The summed E-state index contributed by atoms with van der Waals surface area (Å²) in [6.45, 7) is 4.87. The highest BCUT2D eigenvalue weighted by atomic mass is 32.1.